The van der Waals surface area contributed by atoms with Crippen molar-refractivity contribution in [1.82, 2.24) is 0 Å². The van der Waals surface area contributed by atoms with Crippen LogP contribution in [0.5, 0.6) is 0 Å². The molecule has 0 aromatic rings. The molecule has 0 radical (unpaired) electrons. The quantitative estimate of drug-likeness (QED) is 0.293. The predicted octanol–water partition coefficient (Wildman–Crippen LogP) is -2.54. The van der Waals surface area contributed by atoms with Crippen LogP contribution in [0.4, 0.5) is 0 Å². The van der Waals surface area contributed by atoms with Gasteiger partial charge in [-0.05, 0) is 19.4 Å². The predicted molar refractivity (Wildman–Crippen MR) is 43.6 cm³/mol. The first-order chi connectivity index (χ1) is 5.29. The Hall–Kier alpha value is 0.320. The molecule has 4 nitrogen and oxygen atoms in total. The molecular weight excluding hydrogens is 203 g/mol. The summed E-state index contributed by atoms with van der Waals surface area (Å²) in [6.07, 6.45) is 0.822. The summed E-state index contributed by atoms with van der Waals surface area (Å²) in [4.78, 5) is 11.0. The van der Waals surface area contributed by atoms with Crippen LogP contribution in [0.3, 0.4) is 0 Å². The summed E-state index contributed by atoms with van der Waals surface area (Å²) in [5.41, 5.74) is 0. The second-order valence-electron chi connectivity index (χ2n) is 2.61. The third-order valence-electron chi connectivity index (χ3n) is 1.93. The number of ketones is 1. The van der Waals surface area contributed by atoms with Crippen molar-refractivity contribution in [1.29, 1.82) is 0 Å². The molecule has 0 heterocycles. The zero-order valence-corrected chi connectivity index (χ0v) is 10.8. The van der Waals surface area contributed by atoms with Crippen molar-refractivity contribution >= 4 is 15.9 Å². The molecule has 0 N–H and O–H groups in total. The van der Waals surface area contributed by atoms with Gasteiger partial charge in [-0.2, -0.15) is 0 Å². The van der Waals surface area contributed by atoms with Gasteiger partial charge in [0.1, 0.15) is 14.9 Å². The van der Waals surface area contributed by atoms with Gasteiger partial charge in [-0.25, -0.2) is 8.42 Å². The average molecular weight is 214 g/mol. The van der Waals surface area contributed by atoms with Gasteiger partial charge in [-0.15, -0.1) is 0 Å². The molecule has 0 aromatic heterocycles. The van der Waals surface area contributed by atoms with Crippen LogP contribution < -0.4 is 29.6 Å². The van der Waals surface area contributed by atoms with E-state index in [0.29, 0.717) is 0 Å². The third kappa shape index (κ3) is 3.18. The van der Waals surface area contributed by atoms with Crippen LogP contribution in [0.25, 0.3) is 0 Å². The van der Waals surface area contributed by atoms with Gasteiger partial charge < -0.3 is 4.55 Å². The Balaban J connectivity index is 0. The molecule has 0 aliphatic carbocycles. The van der Waals surface area contributed by atoms with E-state index in [0.717, 1.165) is 13.0 Å². The van der Waals surface area contributed by atoms with Gasteiger partial charge in [0.2, 0.25) is 0 Å². The van der Waals surface area contributed by atoms with Crippen molar-refractivity contribution in [3.63, 3.8) is 0 Å². The average Bonchev–Trinajstić information content (AvgIpc) is 1.99. The molecule has 6 heteroatoms. The minimum Gasteiger partial charge on any atom is -0.747 e. The summed E-state index contributed by atoms with van der Waals surface area (Å²) in [6.45, 7) is 5.71. The number of allylic oxidation sites excluding steroid dienone is 1. The van der Waals surface area contributed by atoms with Crippen LogP contribution in [-0.4, -0.2) is 23.5 Å². The number of rotatable bonds is 4. The monoisotopic (exact) mass is 214 g/mol. The van der Waals surface area contributed by atoms with Crippen LogP contribution in [0, 0.1) is 0 Å². The number of carbonyl (C=O) groups excluding carboxylic acids is 1. The van der Waals surface area contributed by atoms with Gasteiger partial charge in [0, 0.05) is 0 Å². The molecule has 0 bridgehead atoms. The Morgan fingerprint density at radius 2 is 2.00 bits per heavy atom. The molecule has 0 amide bonds. The van der Waals surface area contributed by atoms with E-state index in [4.69, 9.17) is 0 Å². The van der Waals surface area contributed by atoms with E-state index >= 15 is 0 Å². The molecule has 0 rings (SSSR count). The van der Waals surface area contributed by atoms with E-state index in [1.807, 2.05) is 0 Å². The Morgan fingerprint density at radius 1 is 1.62 bits per heavy atom. The smallest absolute Gasteiger partial charge is 0.747 e. The molecule has 1 unspecified atom stereocenters. The maximum Gasteiger partial charge on any atom is 1.00 e. The maximum absolute atomic E-state index is 11.0. The Morgan fingerprint density at radius 3 is 2.08 bits per heavy atom. The molecule has 0 saturated heterocycles. The van der Waals surface area contributed by atoms with E-state index in [9.17, 15) is 17.8 Å². The first kappa shape index (κ1) is 15.8. The molecule has 13 heavy (non-hydrogen) atoms. The van der Waals surface area contributed by atoms with Crippen LogP contribution in [0.15, 0.2) is 12.7 Å². The second-order valence-corrected chi connectivity index (χ2v) is 4.42. The Labute approximate surface area is 100 Å². The standard InChI is InChI=1S/C7H12O4S.Na/c1-4-6(8)7(3,5-2)12(9,10)11;/h4H,1,5H2,2-3H3,(H,9,10,11);/q;+1/p-1. The molecular formula is C7H11NaO4S. The van der Waals surface area contributed by atoms with Crippen molar-refractivity contribution in [3.05, 3.63) is 12.7 Å². The fraction of sp³-hybridized carbons (Fsp3) is 0.571. The van der Waals surface area contributed by atoms with Crippen molar-refractivity contribution < 1.29 is 47.3 Å². The Bertz CT molecular complexity index is 296. The molecule has 0 spiro atoms. The maximum atomic E-state index is 11.0. The van der Waals surface area contributed by atoms with Crippen molar-refractivity contribution in [2.24, 2.45) is 0 Å². The summed E-state index contributed by atoms with van der Waals surface area (Å²) < 4.78 is 30.1. The summed E-state index contributed by atoms with van der Waals surface area (Å²) in [5.74, 6) is -0.750. The second kappa shape index (κ2) is 5.26. The first-order valence-electron chi connectivity index (χ1n) is 3.42. The fourth-order valence-electron chi connectivity index (χ4n) is 0.690. The van der Waals surface area contributed by atoms with Crippen LogP contribution >= 0.6 is 0 Å². The SMILES string of the molecule is C=CC(=O)C(C)(CC)S(=O)(=O)[O-].[Na+]. The van der Waals surface area contributed by atoms with Crippen molar-refractivity contribution in [2.45, 2.75) is 25.0 Å². The molecule has 0 aliphatic rings. The van der Waals surface area contributed by atoms with Crippen molar-refractivity contribution in [2.75, 3.05) is 0 Å². The number of hydrogen-bond donors (Lipinski definition) is 0. The van der Waals surface area contributed by atoms with Gasteiger partial charge >= 0.3 is 29.6 Å². The largest absolute Gasteiger partial charge is 1.00 e. The van der Waals surface area contributed by atoms with Crippen molar-refractivity contribution in [3.8, 4) is 0 Å². The molecule has 0 aromatic carbocycles. The van der Waals surface area contributed by atoms with Gasteiger partial charge in [0.05, 0.1) is 0 Å². The van der Waals surface area contributed by atoms with E-state index in [-0.39, 0.29) is 36.0 Å². The number of hydrogen-bond acceptors (Lipinski definition) is 4. The molecule has 0 saturated carbocycles. The summed E-state index contributed by atoms with van der Waals surface area (Å²) >= 11 is 0. The topological polar surface area (TPSA) is 74.3 Å². The summed E-state index contributed by atoms with van der Waals surface area (Å²) in [6, 6.07) is 0. The summed E-state index contributed by atoms with van der Waals surface area (Å²) in [5, 5.41) is 0. The molecule has 0 fully saturated rings. The first-order valence-corrected chi connectivity index (χ1v) is 4.82. The molecule has 0 aliphatic heterocycles. The van der Waals surface area contributed by atoms with Gasteiger partial charge in [-0.3, -0.25) is 4.79 Å². The third-order valence-corrected chi connectivity index (χ3v) is 3.53. The van der Waals surface area contributed by atoms with Gasteiger partial charge in [-0.1, -0.05) is 13.5 Å². The minimum atomic E-state index is -4.60. The van der Waals surface area contributed by atoms with E-state index < -0.39 is 20.6 Å². The van der Waals surface area contributed by atoms with E-state index in [1.165, 1.54) is 6.92 Å². The van der Waals surface area contributed by atoms with Crippen LogP contribution in [-0.2, 0) is 14.9 Å². The van der Waals surface area contributed by atoms with Gasteiger partial charge in [0.15, 0.2) is 5.78 Å². The normalized spacial score (nSPS) is 15.3. The van der Waals surface area contributed by atoms with E-state index in [1.54, 1.807) is 0 Å². The molecule has 70 valence electrons. The zero-order chi connectivity index (χ0) is 9.99. The van der Waals surface area contributed by atoms with Gasteiger partial charge in [0.25, 0.3) is 0 Å². The molecule has 1 atom stereocenters. The Kier molecular flexibility index (Phi) is 6.39. The summed E-state index contributed by atoms with van der Waals surface area (Å²) in [7, 11) is -4.60. The number of carbonyl (C=O) groups is 1. The fourth-order valence-corrected chi connectivity index (χ4v) is 1.37. The van der Waals surface area contributed by atoms with Crippen LogP contribution in [0.2, 0.25) is 0 Å². The van der Waals surface area contributed by atoms with Crippen LogP contribution in [0.1, 0.15) is 20.3 Å². The minimum absolute atomic E-state index is 0. The van der Waals surface area contributed by atoms with E-state index in [2.05, 4.69) is 6.58 Å². The zero-order valence-electron chi connectivity index (χ0n) is 8.03.